The zero-order valence-corrected chi connectivity index (χ0v) is 8.19. The van der Waals surface area contributed by atoms with Gasteiger partial charge in [-0.15, -0.1) is 11.3 Å². The van der Waals surface area contributed by atoms with E-state index in [9.17, 15) is 0 Å². The van der Waals surface area contributed by atoms with Gasteiger partial charge in [-0.3, -0.25) is 0 Å². The number of rotatable bonds is 3. The highest BCUT2D eigenvalue weighted by molar-refractivity contribution is 7.11. The molecule has 66 valence electrons. The second-order valence-corrected chi connectivity index (χ2v) is 3.64. The van der Waals surface area contributed by atoms with E-state index in [4.69, 9.17) is 10.0 Å². The van der Waals surface area contributed by atoms with Crippen LogP contribution in [-0.2, 0) is 12.8 Å². The zero-order chi connectivity index (χ0) is 9.14. The van der Waals surface area contributed by atoms with Gasteiger partial charge < -0.3 is 10.0 Å². The van der Waals surface area contributed by atoms with E-state index < -0.39 is 7.12 Å². The fraction of sp³-hybridized carbons (Fsp3) is 0.500. The Morgan fingerprint density at radius 1 is 1.33 bits per heavy atom. The molecule has 0 fully saturated rings. The molecule has 1 aromatic heterocycles. The van der Waals surface area contributed by atoms with Crippen molar-refractivity contribution >= 4 is 23.9 Å². The maximum atomic E-state index is 9.10. The average Bonchev–Trinajstić information content (AvgIpc) is 2.46. The van der Waals surface area contributed by atoms with Crippen molar-refractivity contribution in [2.45, 2.75) is 26.7 Å². The fourth-order valence-electron chi connectivity index (χ4n) is 1.31. The summed E-state index contributed by atoms with van der Waals surface area (Å²) >= 11 is 1.61. The highest BCUT2D eigenvalue weighted by Crippen LogP contribution is 2.13. The van der Waals surface area contributed by atoms with Gasteiger partial charge >= 0.3 is 7.12 Å². The molecule has 0 amide bonds. The molecule has 0 aromatic carbocycles. The minimum absolute atomic E-state index is 0.727. The van der Waals surface area contributed by atoms with E-state index in [0.717, 1.165) is 28.7 Å². The van der Waals surface area contributed by atoms with Crippen LogP contribution >= 0.6 is 11.3 Å². The number of hydrogen-bond donors (Lipinski definition) is 2. The molecule has 12 heavy (non-hydrogen) atoms. The third kappa shape index (κ3) is 1.71. The highest BCUT2D eigenvalue weighted by atomic mass is 32.1. The lowest BCUT2D eigenvalue weighted by Crippen LogP contribution is -2.33. The topological polar surface area (TPSA) is 40.5 Å². The van der Waals surface area contributed by atoms with E-state index in [0.29, 0.717) is 0 Å². The first-order valence-electron chi connectivity index (χ1n) is 4.15. The van der Waals surface area contributed by atoms with Gasteiger partial charge in [0.05, 0.1) is 0 Å². The summed E-state index contributed by atoms with van der Waals surface area (Å²) in [5.74, 6) is 0. The number of aryl methyl sites for hydroxylation is 2. The second-order valence-electron chi connectivity index (χ2n) is 2.68. The Balaban J connectivity index is 3.07. The smallest absolute Gasteiger partial charge is 0.423 e. The molecule has 0 radical (unpaired) electrons. The monoisotopic (exact) mass is 184 g/mol. The molecule has 2 N–H and O–H groups in total. The second kappa shape index (κ2) is 4.07. The van der Waals surface area contributed by atoms with Crippen molar-refractivity contribution in [3.05, 3.63) is 15.8 Å². The Bertz CT molecular complexity index is 236. The minimum atomic E-state index is -1.30. The van der Waals surface area contributed by atoms with Crippen LogP contribution in [-0.4, -0.2) is 17.2 Å². The molecule has 0 aliphatic rings. The molecule has 1 heterocycles. The van der Waals surface area contributed by atoms with E-state index >= 15 is 0 Å². The molecule has 0 aliphatic heterocycles. The molecule has 0 saturated heterocycles. The zero-order valence-electron chi connectivity index (χ0n) is 7.37. The summed E-state index contributed by atoms with van der Waals surface area (Å²) in [5, 5.41) is 20.2. The molecule has 0 aliphatic carbocycles. The van der Waals surface area contributed by atoms with Crippen LogP contribution in [0.2, 0.25) is 0 Å². The first-order valence-corrected chi connectivity index (χ1v) is 5.03. The summed E-state index contributed by atoms with van der Waals surface area (Å²) in [4.78, 5) is 1.09. The van der Waals surface area contributed by atoms with Crippen molar-refractivity contribution in [3.8, 4) is 0 Å². The number of hydrogen-bond acceptors (Lipinski definition) is 3. The standard InChI is InChI=1S/C8H13BO2S/c1-3-6-5-12-7(4-2)8(6)9(10)11/h5,10-11H,3-4H2,1-2H3. The van der Waals surface area contributed by atoms with Crippen molar-refractivity contribution in [2.24, 2.45) is 0 Å². The quantitative estimate of drug-likeness (QED) is 0.673. The van der Waals surface area contributed by atoms with Crippen molar-refractivity contribution in [1.29, 1.82) is 0 Å². The fourth-order valence-corrected chi connectivity index (χ4v) is 2.41. The molecule has 0 bridgehead atoms. The van der Waals surface area contributed by atoms with Gasteiger partial charge in [0.1, 0.15) is 0 Å². The van der Waals surface area contributed by atoms with Gasteiger partial charge in [-0.05, 0) is 29.2 Å². The van der Waals surface area contributed by atoms with Crippen LogP contribution < -0.4 is 5.46 Å². The lowest BCUT2D eigenvalue weighted by atomic mass is 9.76. The Hall–Kier alpha value is -0.315. The third-order valence-corrected chi connectivity index (χ3v) is 3.15. The van der Waals surface area contributed by atoms with Gasteiger partial charge in [-0.25, -0.2) is 0 Å². The van der Waals surface area contributed by atoms with Crippen LogP contribution in [0.1, 0.15) is 24.3 Å². The van der Waals surface area contributed by atoms with Crippen LogP contribution in [0, 0.1) is 0 Å². The largest absolute Gasteiger partial charge is 0.489 e. The van der Waals surface area contributed by atoms with Gasteiger partial charge in [0.2, 0.25) is 0 Å². The van der Waals surface area contributed by atoms with Crippen LogP contribution in [0.25, 0.3) is 0 Å². The van der Waals surface area contributed by atoms with E-state index in [1.807, 2.05) is 19.2 Å². The Labute approximate surface area is 77.0 Å². The summed E-state index contributed by atoms with van der Waals surface area (Å²) < 4.78 is 0. The van der Waals surface area contributed by atoms with Crippen molar-refractivity contribution in [1.82, 2.24) is 0 Å². The SMILES string of the molecule is CCc1csc(CC)c1B(O)O. The predicted molar refractivity (Wildman–Crippen MR) is 52.9 cm³/mol. The lowest BCUT2D eigenvalue weighted by molar-refractivity contribution is 0.425. The molecule has 1 rings (SSSR count). The first kappa shape index (κ1) is 9.77. The molecule has 0 unspecified atom stereocenters. The maximum absolute atomic E-state index is 9.10. The van der Waals surface area contributed by atoms with Crippen LogP contribution in [0.5, 0.6) is 0 Å². The summed E-state index contributed by atoms with van der Waals surface area (Å²) in [6.07, 6.45) is 1.74. The minimum Gasteiger partial charge on any atom is -0.423 e. The maximum Gasteiger partial charge on any atom is 0.489 e. The van der Waals surface area contributed by atoms with Crippen LogP contribution in [0.3, 0.4) is 0 Å². The van der Waals surface area contributed by atoms with Crippen molar-refractivity contribution < 1.29 is 10.0 Å². The number of thiophene rings is 1. The van der Waals surface area contributed by atoms with Crippen LogP contribution in [0.15, 0.2) is 5.38 Å². The predicted octanol–water partition coefficient (Wildman–Crippen LogP) is 0.553. The molecule has 0 saturated carbocycles. The highest BCUT2D eigenvalue weighted by Gasteiger charge is 2.20. The molecule has 0 atom stereocenters. The molecule has 2 nitrogen and oxygen atoms in total. The Kier molecular flexibility index (Phi) is 3.32. The molecule has 0 spiro atoms. The van der Waals surface area contributed by atoms with E-state index in [1.54, 1.807) is 11.3 Å². The average molecular weight is 184 g/mol. The van der Waals surface area contributed by atoms with Crippen LogP contribution in [0.4, 0.5) is 0 Å². The molecule has 1 aromatic rings. The summed E-state index contributed by atoms with van der Waals surface area (Å²) in [5.41, 5.74) is 1.79. The van der Waals surface area contributed by atoms with Gasteiger partial charge in [-0.1, -0.05) is 13.8 Å². The van der Waals surface area contributed by atoms with E-state index in [2.05, 4.69) is 0 Å². The van der Waals surface area contributed by atoms with Crippen molar-refractivity contribution in [2.75, 3.05) is 0 Å². The molecular weight excluding hydrogens is 171 g/mol. The third-order valence-electron chi connectivity index (χ3n) is 1.95. The van der Waals surface area contributed by atoms with Gasteiger partial charge in [-0.2, -0.15) is 0 Å². The van der Waals surface area contributed by atoms with Gasteiger partial charge in [0, 0.05) is 4.88 Å². The van der Waals surface area contributed by atoms with E-state index in [1.165, 1.54) is 0 Å². The molecular formula is C8H13BO2S. The van der Waals surface area contributed by atoms with Gasteiger partial charge in [0.15, 0.2) is 0 Å². The Morgan fingerprint density at radius 2 is 2.00 bits per heavy atom. The molecule has 4 heteroatoms. The first-order chi connectivity index (χ1) is 5.70. The summed E-state index contributed by atoms with van der Waals surface area (Å²) in [7, 11) is -1.30. The van der Waals surface area contributed by atoms with E-state index in [-0.39, 0.29) is 0 Å². The summed E-state index contributed by atoms with van der Waals surface area (Å²) in [6.45, 7) is 4.05. The Morgan fingerprint density at radius 3 is 2.42 bits per heavy atom. The van der Waals surface area contributed by atoms with Crippen molar-refractivity contribution in [3.63, 3.8) is 0 Å². The summed E-state index contributed by atoms with van der Waals surface area (Å²) in [6, 6.07) is 0. The lowest BCUT2D eigenvalue weighted by Gasteiger charge is -2.02. The van der Waals surface area contributed by atoms with Gasteiger partial charge in [0.25, 0.3) is 0 Å². The normalized spacial score (nSPS) is 10.3.